The van der Waals surface area contributed by atoms with Gasteiger partial charge < -0.3 is 5.32 Å². The van der Waals surface area contributed by atoms with E-state index in [9.17, 15) is 0 Å². The van der Waals surface area contributed by atoms with Gasteiger partial charge in [0.2, 0.25) is 5.82 Å². The fourth-order valence-corrected chi connectivity index (χ4v) is 3.46. The zero-order valence-electron chi connectivity index (χ0n) is 13.3. The van der Waals surface area contributed by atoms with Gasteiger partial charge in [-0.05, 0) is 29.5 Å². The summed E-state index contributed by atoms with van der Waals surface area (Å²) in [5, 5.41) is 17.8. The number of nitrogens with one attached hydrogen (secondary N) is 2. The number of hydrogen-bond acceptors (Lipinski definition) is 4. The molecule has 1 aliphatic carbocycles. The van der Waals surface area contributed by atoms with Gasteiger partial charge in [0.15, 0.2) is 0 Å². The molecule has 5 heteroatoms. The first-order valence-electron chi connectivity index (χ1n) is 8.41. The summed E-state index contributed by atoms with van der Waals surface area (Å²) in [4.78, 5) is 0. The maximum Gasteiger partial charge on any atom is 0.204 e. The largest absolute Gasteiger partial charge is 0.310 e. The minimum absolute atomic E-state index is 0.647. The van der Waals surface area contributed by atoms with Crippen molar-refractivity contribution in [3.8, 4) is 11.4 Å². The predicted molar refractivity (Wildman–Crippen MR) is 87.1 cm³/mol. The van der Waals surface area contributed by atoms with Crippen LogP contribution < -0.4 is 5.32 Å². The Morgan fingerprint density at radius 3 is 2.82 bits per heavy atom. The number of rotatable bonds is 6. The van der Waals surface area contributed by atoms with Crippen LogP contribution in [-0.4, -0.2) is 26.7 Å². The fraction of sp³-hybridized carbons (Fsp3) is 0.588. The molecule has 1 aromatic heterocycles. The van der Waals surface area contributed by atoms with Gasteiger partial charge >= 0.3 is 0 Å². The molecule has 0 saturated heterocycles. The molecule has 22 heavy (non-hydrogen) atoms. The number of hydrogen-bond donors (Lipinski definition) is 2. The molecule has 1 heterocycles. The highest BCUT2D eigenvalue weighted by Gasteiger charge is 2.20. The SMILES string of the molecule is CCCC1CCCC(NCc2ccc(-c3nn[nH]n3)cc2)C1. The molecule has 2 unspecified atom stereocenters. The quantitative estimate of drug-likeness (QED) is 0.858. The fourth-order valence-electron chi connectivity index (χ4n) is 3.46. The molecule has 0 aliphatic heterocycles. The van der Waals surface area contributed by atoms with Gasteiger partial charge in [0.1, 0.15) is 0 Å². The van der Waals surface area contributed by atoms with Crippen LogP contribution in [0.2, 0.25) is 0 Å². The zero-order chi connectivity index (χ0) is 15.2. The average molecular weight is 299 g/mol. The van der Waals surface area contributed by atoms with E-state index in [4.69, 9.17) is 0 Å². The van der Waals surface area contributed by atoms with Gasteiger partial charge in [-0.2, -0.15) is 5.21 Å². The highest BCUT2D eigenvalue weighted by Crippen LogP contribution is 2.28. The summed E-state index contributed by atoms with van der Waals surface area (Å²) in [7, 11) is 0. The van der Waals surface area contributed by atoms with E-state index in [0.717, 1.165) is 18.0 Å². The molecule has 2 N–H and O–H groups in total. The van der Waals surface area contributed by atoms with E-state index < -0.39 is 0 Å². The van der Waals surface area contributed by atoms with E-state index in [0.29, 0.717) is 11.9 Å². The first-order chi connectivity index (χ1) is 10.8. The molecule has 0 radical (unpaired) electrons. The number of benzene rings is 1. The molecule has 0 amide bonds. The third-order valence-electron chi connectivity index (χ3n) is 4.63. The first-order valence-corrected chi connectivity index (χ1v) is 8.41. The molecule has 0 bridgehead atoms. The van der Waals surface area contributed by atoms with Crippen LogP contribution in [0.4, 0.5) is 0 Å². The van der Waals surface area contributed by atoms with E-state index in [1.165, 1.54) is 44.1 Å². The molecule has 3 rings (SSSR count). The summed E-state index contributed by atoms with van der Waals surface area (Å²) in [6.07, 6.45) is 8.16. The molecule has 118 valence electrons. The summed E-state index contributed by atoms with van der Waals surface area (Å²) in [5.74, 6) is 1.58. The summed E-state index contributed by atoms with van der Waals surface area (Å²) in [6, 6.07) is 9.09. The molecule has 1 aliphatic rings. The van der Waals surface area contributed by atoms with E-state index in [1.807, 2.05) is 0 Å². The van der Waals surface area contributed by atoms with E-state index in [-0.39, 0.29) is 0 Å². The van der Waals surface area contributed by atoms with Gasteiger partial charge in [0.05, 0.1) is 0 Å². The molecule has 5 nitrogen and oxygen atoms in total. The smallest absolute Gasteiger partial charge is 0.204 e. The summed E-state index contributed by atoms with van der Waals surface area (Å²) in [6.45, 7) is 3.23. The Kier molecular flexibility index (Phi) is 5.16. The second-order valence-electron chi connectivity index (χ2n) is 6.33. The van der Waals surface area contributed by atoms with Crippen molar-refractivity contribution in [1.29, 1.82) is 0 Å². The van der Waals surface area contributed by atoms with Crippen molar-refractivity contribution in [2.45, 2.75) is 58.0 Å². The van der Waals surface area contributed by atoms with Crippen LogP contribution in [0.5, 0.6) is 0 Å². The van der Waals surface area contributed by atoms with Crippen LogP contribution >= 0.6 is 0 Å². The zero-order valence-corrected chi connectivity index (χ0v) is 13.3. The topological polar surface area (TPSA) is 66.5 Å². The average Bonchev–Trinajstić information content (AvgIpc) is 3.09. The summed E-state index contributed by atoms with van der Waals surface area (Å²) < 4.78 is 0. The van der Waals surface area contributed by atoms with Crippen LogP contribution in [0.3, 0.4) is 0 Å². The number of nitrogens with zero attached hydrogens (tertiary/aromatic N) is 3. The summed E-state index contributed by atoms with van der Waals surface area (Å²) in [5.41, 5.74) is 2.31. The standard InChI is InChI=1S/C17H25N5/c1-2-4-13-5-3-6-16(11-13)18-12-14-7-9-15(10-8-14)17-19-21-22-20-17/h7-10,13,16,18H,2-6,11-12H2,1H3,(H,19,20,21,22). The van der Waals surface area contributed by atoms with Crippen molar-refractivity contribution in [2.24, 2.45) is 5.92 Å². The highest BCUT2D eigenvalue weighted by molar-refractivity contribution is 5.54. The van der Waals surface area contributed by atoms with Gasteiger partial charge in [-0.3, -0.25) is 0 Å². The van der Waals surface area contributed by atoms with E-state index in [2.05, 4.69) is 57.1 Å². The lowest BCUT2D eigenvalue weighted by Crippen LogP contribution is -2.33. The van der Waals surface area contributed by atoms with Gasteiger partial charge in [-0.1, -0.05) is 56.9 Å². The Morgan fingerprint density at radius 2 is 2.09 bits per heavy atom. The molecule has 2 aromatic rings. The number of aromatic nitrogens is 4. The predicted octanol–water partition coefficient (Wildman–Crippen LogP) is 3.32. The molecule has 1 aromatic carbocycles. The van der Waals surface area contributed by atoms with Gasteiger partial charge in [-0.25, -0.2) is 0 Å². The molecule has 0 spiro atoms. The molecular weight excluding hydrogens is 274 g/mol. The first kappa shape index (κ1) is 15.2. The summed E-state index contributed by atoms with van der Waals surface area (Å²) >= 11 is 0. The third kappa shape index (κ3) is 3.91. The number of tetrazole rings is 1. The lowest BCUT2D eigenvalue weighted by Gasteiger charge is -2.29. The van der Waals surface area contributed by atoms with Crippen molar-refractivity contribution in [3.63, 3.8) is 0 Å². The van der Waals surface area contributed by atoms with E-state index in [1.54, 1.807) is 0 Å². The van der Waals surface area contributed by atoms with Crippen LogP contribution in [0.15, 0.2) is 24.3 Å². The van der Waals surface area contributed by atoms with Crippen molar-refractivity contribution in [2.75, 3.05) is 0 Å². The van der Waals surface area contributed by atoms with Crippen LogP contribution in [-0.2, 0) is 6.54 Å². The Bertz CT molecular complexity index is 547. The Balaban J connectivity index is 1.51. The highest BCUT2D eigenvalue weighted by atomic mass is 15.5. The maximum atomic E-state index is 4.00. The number of aromatic amines is 1. The van der Waals surface area contributed by atoms with Crippen molar-refractivity contribution >= 4 is 0 Å². The van der Waals surface area contributed by atoms with Crippen LogP contribution in [0, 0.1) is 5.92 Å². The minimum Gasteiger partial charge on any atom is -0.310 e. The Labute approximate surface area is 131 Å². The molecular formula is C17H25N5. The Hall–Kier alpha value is -1.75. The third-order valence-corrected chi connectivity index (χ3v) is 4.63. The van der Waals surface area contributed by atoms with Crippen LogP contribution in [0.25, 0.3) is 11.4 Å². The van der Waals surface area contributed by atoms with Gasteiger partial charge in [0, 0.05) is 18.2 Å². The Morgan fingerprint density at radius 1 is 1.23 bits per heavy atom. The second kappa shape index (κ2) is 7.49. The molecule has 1 fully saturated rings. The van der Waals surface area contributed by atoms with Gasteiger partial charge in [0.25, 0.3) is 0 Å². The van der Waals surface area contributed by atoms with Crippen molar-refractivity contribution in [1.82, 2.24) is 25.9 Å². The number of H-pyrrole nitrogens is 1. The monoisotopic (exact) mass is 299 g/mol. The second-order valence-corrected chi connectivity index (χ2v) is 6.33. The maximum absolute atomic E-state index is 4.00. The minimum atomic E-state index is 0.647. The van der Waals surface area contributed by atoms with Gasteiger partial charge in [-0.15, -0.1) is 10.2 Å². The lowest BCUT2D eigenvalue weighted by atomic mass is 9.83. The van der Waals surface area contributed by atoms with Crippen molar-refractivity contribution in [3.05, 3.63) is 29.8 Å². The van der Waals surface area contributed by atoms with Crippen molar-refractivity contribution < 1.29 is 0 Å². The van der Waals surface area contributed by atoms with Crippen LogP contribution in [0.1, 0.15) is 51.0 Å². The normalized spacial score (nSPS) is 21.9. The molecule has 1 saturated carbocycles. The lowest BCUT2D eigenvalue weighted by molar-refractivity contribution is 0.270. The van der Waals surface area contributed by atoms with E-state index >= 15 is 0 Å². The molecule has 2 atom stereocenters.